The smallest absolute Gasteiger partial charge is 0.249 e. The molecule has 4 aliphatic carbocycles. The molecule has 1 aliphatic heterocycles. The second-order valence-corrected chi connectivity index (χ2v) is 7.61. The molecule has 5 fully saturated rings. The number of ether oxygens (including phenoxy) is 1. The van der Waals surface area contributed by atoms with Crippen LogP contribution in [-0.4, -0.2) is 25.2 Å². The van der Waals surface area contributed by atoms with Gasteiger partial charge in [-0.05, 0) is 74.5 Å². The van der Waals surface area contributed by atoms with Crippen molar-refractivity contribution in [2.45, 2.75) is 57.5 Å². The maximum absolute atomic E-state index is 11.5. The van der Waals surface area contributed by atoms with Crippen LogP contribution in [0, 0.1) is 23.2 Å². The van der Waals surface area contributed by atoms with E-state index in [4.69, 9.17) is 4.74 Å². The summed E-state index contributed by atoms with van der Waals surface area (Å²) in [4.78, 5) is 11.5. The zero-order valence-corrected chi connectivity index (χ0v) is 11.7. The molecular weight excluding hydrogens is 238 g/mol. The highest BCUT2D eigenvalue weighted by Gasteiger charge is 2.50. The second kappa shape index (κ2) is 4.47. The van der Waals surface area contributed by atoms with Gasteiger partial charge in [0.2, 0.25) is 5.91 Å². The first-order valence-corrected chi connectivity index (χ1v) is 8.12. The van der Waals surface area contributed by atoms with E-state index in [-0.39, 0.29) is 12.0 Å². The van der Waals surface area contributed by atoms with Gasteiger partial charge in [-0.1, -0.05) is 0 Å². The van der Waals surface area contributed by atoms with Gasteiger partial charge in [0, 0.05) is 13.2 Å². The Hall–Kier alpha value is -0.570. The minimum atomic E-state index is -0.158. The van der Waals surface area contributed by atoms with Crippen LogP contribution >= 0.6 is 0 Å². The molecule has 0 aromatic rings. The number of rotatable bonds is 4. The molecule has 5 rings (SSSR count). The number of carbonyl (C=O) groups excluding carboxylic acids is 1. The van der Waals surface area contributed by atoms with Gasteiger partial charge in [0.15, 0.2) is 0 Å². The Morgan fingerprint density at radius 1 is 1.11 bits per heavy atom. The van der Waals surface area contributed by atoms with Crippen LogP contribution in [0.5, 0.6) is 0 Å². The number of nitrogens with one attached hydrogen (secondary N) is 1. The van der Waals surface area contributed by atoms with Crippen LogP contribution < -0.4 is 5.32 Å². The topological polar surface area (TPSA) is 38.3 Å². The van der Waals surface area contributed by atoms with Crippen LogP contribution in [0.1, 0.15) is 51.4 Å². The monoisotopic (exact) mass is 263 g/mol. The fraction of sp³-hybridized carbons (Fsp3) is 0.938. The Morgan fingerprint density at radius 2 is 1.74 bits per heavy atom. The Balaban J connectivity index is 1.34. The average molecular weight is 263 g/mol. The molecule has 106 valence electrons. The first-order valence-electron chi connectivity index (χ1n) is 8.12. The average Bonchev–Trinajstić information content (AvgIpc) is 2.73. The standard InChI is InChI=1S/C16H25NO2/c18-15-14(1-3-17-15)19-4-2-16-8-11-5-12(9-16)7-13(6-11)10-16/h11-14H,1-10H2,(H,17,18). The lowest BCUT2D eigenvalue weighted by Gasteiger charge is -2.57. The molecular formula is C16H25NO2. The van der Waals surface area contributed by atoms with Gasteiger partial charge in [-0.25, -0.2) is 0 Å². The molecule has 0 radical (unpaired) electrons. The summed E-state index contributed by atoms with van der Waals surface area (Å²) in [5.41, 5.74) is 0.587. The molecule has 1 atom stereocenters. The quantitative estimate of drug-likeness (QED) is 0.846. The molecule has 1 N–H and O–H groups in total. The lowest BCUT2D eigenvalue weighted by Crippen LogP contribution is -2.46. The van der Waals surface area contributed by atoms with Crippen molar-refractivity contribution in [3.05, 3.63) is 0 Å². The van der Waals surface area contributed by atoms with Gasteiger partial charge in [-0.3, -0.25) is 4.79 Å². The van der Waals surface area contributed by atoms with Crippen LogP contribution in [-0.2, 0) is 9.53 Å². The summed E-state index contributed by atoms with van der Waals surface area (Å²) in [6.07, 6.45) is 10.7. The van der Waals surface area contributed by atoms with Crippen LogP contribution in [0.4, 0.5) is 0 Å². The van der Waals surface area contributed by atoms with Crippen molar-refractivity contribution in [1.82, 2.24) is 5.32 Å². The molecule has 1 amide bonds. The molecule has 1 unspecified atom stereocenters. The molecule has 0 spiro atoms. The van der Waals surface area contributed by atoms with Gasteiger partial charge >= 0.3 is 0 Å². The molecule has 0 aromatic carbocycles. The van der Waals surface area contributed by atoms with E-state index in [2.05, 4.69) is 5.32 Å². The normalized spacial score (nSPS) is 47.7. The molecule has 3 heteroatoms. The lowest BCUT2D eigenvalue weighted by molar-refractivity contribution is -0.131. The SMILES string of the molecule is O=C1NCCC1OCCC12CC3CC(CC(C3)C1)C2. The van der Waals surface area contributed by atoms with Crippen molar-refractivity contribution >= 4 is 5.91 Å². The molecule has 4 bridgehead atoms. The van der Waals surface area contributed by atoms with E-state index < -0.39 is 0 Å². The fourth-order valence-corrected chi connectivity index (χ4v) is 5.74. The number of amides is 1. The summed E-state index contributed by atoms with van der Waals surface area (Å²) in [6.45, 7) is 1.59. The van der Waals surface area contributed by atoms with Gasteiger partial charge in [0.25, 0.3) is 0 Å². The Morgan fingerprint density at radius 3 is 2.26 bits per heavy atom. The molecule has 5 aliphatic rings. The first-order chi connectivity index (χ1) is 9.22. The maximum Gasteiger partial charge on any atom is 0.249 e. The van der Waals surface area contributed by atoms with Gasteiger partial charge in [0.05, 0.1) is 0 Å². The van der Waals surface area contributed by atoms with E-state index in [1.165, 1.54) is 44.9 Å². The molecule has 19 heavy (non-hydrogen) atoms. The lowest BCUT2D eigenvalue weighted by atomic mass is 9.49. The number of hydrogen-bond acceptors (Lipinski definition) is 2. The number of hydrogen-bond donors (Lipinski definition) is 1. The van der Waals surface area contributed by atoms with Crippen LogP contribution in [0.3, 0.4) is 0 Å². The summed E-state index contributed by atoms with van der Waals surface area (Å²) in [5.74, 6) is 3.15. The number of carbonyl (C=O) groups is 1. The van der Waals surface area contributed by atoms with Crippen molar-refractivity contribution < 1.29 is 9.53 Å². The highest BCUT2D eigenvalue weighted by Crippen LogP contribution is 2.61. The van der Waals surface area contributed by atoms with E-state index in [1.54, 1.807) is 0 Å². The van der Waals surface area contributed by atoms with Crippen LogP contribution in [0.2, 0.25) is 0 Å². The Labute approximate surface area is 115 Å². The van der Waals surface area contributed by atoms with Crippen molar-refractivity contribution in [2.75, 3.05) is 13.2 Å². The Kier molecular flexibility index (Phi) is 2.87. The second-order valence-electron chi connectivity index (χ2n) is 7.61. The minimum absolute atomic E-state index is 0.102. The van der Waals surface area contributed by atoms with E-state index in [0.717, 1.165) is 37.3 Å². The Bertz CT molecular complexity index is 344. The molecule has 0 aromatic heterocycles. The van der Waals surface area contributed by atoms with Gasteiger partial charge in [-0.2, -0.15) is 0 Å². The van der Waals surface area contributed by atoms with E-state index in [9.17, 15) is 4.79 Å². The molecule has 3 nitrogen and oxygen atoms in total. The third kappa shape index (κ3) is 2.20. The van der Waals surface area contributed by atoms with Crippen LogP contribution in [0.15, 0.2) is 0 Å². The predicted octanol–water partition coefficient (Wildman–Crippen LogP) is 2.50. The highest BCUT2D eigenvalue weighted by molar-refractivity contribution is 5.82. The summed E-state index contributed by atoms with van der Waals surface area (Å²) in [6, 6.07) is 0. The van der Waals surface area contributed by atoms with Gasteiger partial charge < -0.3 is 10.1 Å². The predicted molar refractivity (Wildman–Crippen MR) is 72.6 cm³/mol. The van der Waals surface area contributed by atoms with Gasteiger partial charge in [-0.15, -0.1) is 0 Å². The maximum atomic E-state index is 11.5. The summed E-state index contributed by atoms with van der Waals surface area (Å²) >= 11 is 0. The summed E-state index contributed by atoms with van der Waals surface area (Å²) < 4.78 is 5.84. The van der Waals surface area contributed by atoms with Crippen molar-refractivity contribution in [2.24, 2.45) is 23.2 Å². The third-order valence-corrected chi connectivity index (χ3v) is 6.11. The van der Waals surface area contributed by atoms with E-state index in [0.29, 0.717) is 5.41 Å². The fourth-order valence-electron chi connectivity index (χ4n) is 5.74. The minimum Gasteiger partial charge on any atom is -0.368 e. The largest absolute Gasteiger partial charge is 0.368 e. The van der Waals surface area contributed by atoms with Gasteiger partial charge in [0.1, 0.15) is 6.10 Å². The first kappa shape index (κ1) is 12.2. The van der Waals surface area contributed by atoms with Crippen molar-refractivity contribution in [3.63, 3.8) is 0 Å². The molecule has 1 saturated heterocycles. The highest BCUT2D eigenvalue weighted by atomic mass is 16.5. The van der Waals surface area contributed by atoms with E-state index in [1.807, 2.05) is 0 Å². The zero-order valence-electron chi connectivity index (χ0n) is 11.7. The molecule has 4 saturated carbocycles. The van der Waals surface area contributed by atoms with Crippen LogP contribution in [0.25, 0.3) is 0 Å². The van der Waals surface area contributed by atoms with Crippen molar-refractivity contribution in [3.8, 4) is 0 Å². The third-order valence-electron chi connectivity index (χ3n) is 6.11. The molecule has 1 heterocycles. The zero-order chi connectivity index (χ0) is 12.9. The van der Waals surface area contributed by atoms with Crippen molar-refractivity contribution in [1.29, 1.82) is 0 Å². The summed E-state index contributed by atoms with van der Waals surface area (Å²) in [7, 11) is 0. The van der Waals surface area contributed by atoms with E-state index >= 15 is 0 Å². The summed E-state index contributed by atoms with van der Waals surface area (Å²) in [5, 5.41) is 2.85.